The Hall–Kier alpha value is -0.450. The van der Waals surface area contributed by atoms with Crippen molar-refractivity contribution in [3.63, 3.8) is 0 Å². The Balaban J connectivity index is 1.43. The zero-order valence-electron chi connectivity index (χ0n) is 10.5. The van der Waals surface area contributed by atoms with Crippen LogP contribution in [0.2, 0.25) is 0 Å². The topological polar surface area (TPSA) is 28.2 Å². The number of thiazole rings is 1. The van der Waals surface area contributed by atoms with Crippen LogP contribution < -0.4 is 5.32 Å². The summed E-state index contributed by atoms with van der Waals surface area (Å²) in [5.74, 6) is 0.857. The molecule has 3 rings (SSSR count). The molecule has 1 N–H and O–H groups in total. The Morgan fingerprint density at radius 2 is 2.35 bits per heavy atom. The molecule has 1 saturated carbocycles. The van der Waals surface area contributed by atoms with Gasteiger partial charge in [-0.3, -0.25) is 4.90 Å². The molecule has 0 spiro atoms. The first kappa shape index (κ1) is 11.6. The highest BCUT2D eigenvalue weighted by molar-refractivity contribution is 7.09. The van der Waals surface area contributed by atoms with Gasteiger partial charge in [0.2, 0.25) is 0 Å². The number of aromatic nitrogens is 1. The van der Waals surface area contributed by atoms with Gasteiger partial charge in [0, 0.05) is 24.5 Å². The van der Waals surface area contributed by atoms with Crippen LogP contribution in [0, 0.1) is 12.8 Å². The molecule has 0 radical (unpaired) electrons. The van der Waals surface area contributed by atoms with Gasteiger partial charge in [-0.25, -0.2) is 4.98 Å². The van der Waals surface area contributed by atoms with E-state index in [-0.39, 0.29) is 0 Å². The van der Waals surface area contributed by atoms with Crippen molar-refractivity contribution in [3.05, 3.63) is 16.1 Å². The van der Waals surface area contributed by atoms with E-state index in [2.05, 4.69) is 27.5 Å². The number of hydrogen-bond acceptors (Lipinski definition) is 4. The highest BCUT2D eigenvalue weighted by atomic mass is 32.1. The van der Waals surface area contributed by atoms with Gasteiger partial charge >= 0.3 is 0 Å². The van der Waals surface area contributed by atoms with Gasteiger partial charge in [-0.1, -0.05) is 0 Å². The molecule has 2 aliphatic rings. The molecule has 94 valence electrons. The number of likely N-dealkylation sites (tertiary alicyclic amines) is 1. The highest BCUT2D eigenvalue weighted by Crippen LogP contribution is 2.22. The lowest BCUT2D eigenvalue weighted by molar-refractivity contribution is 0.311. The van der Waals surface area contributed by atoms with E-state index in [1.54, 1.807) is 11.3 Å². The average Bonchev–Trinajstić information content (AvgIpc) is 2.90. The average molecular weight is 251 g/mol. The molecule has 1 aromatic rings. The van der Waals surface area contributed by atoms with Crippen LogP contribution in [0.25, 0.3) is 0 Å². The molecule has 1 unspecified atom stereocenters. The fourth-order valence-corrected chi connectivity index (χ4v) is 3.16. The van der Waals surface area contributed by atoms with E-state index in [0.717, 1.165) is 18.5 Å². The normalized spacial score (nSPS) is 25.6. The fourth-order valence-electron chi connectivity index (χ4n) is 2.55. The third kappa shape index (κ3) is 3.27. The fraction of sp³-hybridized carbons (Fsp3) is 0.769. The van der Waals surface area contributed by atoms with Gasteiger partial charge in [0.25, 0.3) is 0 Å². The molecule has 0 aromatic carbocycles. The Kier molecular flexibility index (Phi) is 3.45. The standard InChI is InChI=1S/C13H21N3S/c1-10-15-13(9-17-10)8-16-5-4-11(7-16)6-14-12-2-3-12/h9,11-12,14H,2-8H2,1H3. The van der Waals surface area contributed by atoms with Gasteiger partial charge in [0.05, 0.1) is 10.7 Å². The van der Waals surface area contributed by atoms with Crippen LogP contribution in [-0.2, 0) is 6.54 Å². The van der Waals surface area contributed by atoms with Crippen LogP contribution in [0.5, 0.6) is 0 Å². The van der Waals surface area contributed by atoms with Crippen molar-refractivity contribution in [2.24, 2.45) is 5.92 Å². The lowest BCUT2D eigenvalue weighted by atomic mass is 10.1. The van der Waals surface area contributed by atoms with Crippen molar-refractivity contribution in [3.8, 4) is 0 Å². The molecule has 1 saturated heterocycles. The Morgan fingerprint density at radius 3 is 3.06 bits per heavy atom. The first-order valence-electron chi connectivity index (χ1n) is 6.66. The van der Waals surface area contributed by atoms with E-state index >= 15 is 0 Å². The van der Waals surface area contributed by atoms with Crippen molar-refractivity contribution in [1.29, 1.82) is 0 Å². The second kappa shape index (κ2) is 5.04. The maximum Gasteiger partial charge on any atom is 0.0897 e. The molecule has 1 atom stereocenters. The van der Waals surface area contributed by atoms with Crippen molar-refractivity contribution in [1.82, 2.24) is 15.2 Å². The monoisotopic (exact) mass is 251 g/mol. The van der Waals surface area contributed by atoms with Crippen LogP contribution >= 0.6 is 11.3 Å². The summed E-state index contributed by atoms with van der Waals surface area (Å²) in [5, 5.41) is 7.03. The summed E-state index contributed by atoms with van der Waals surface area (Å²) in [5.41, 5.74) is 1.25. The van der Waals surface area contributed by atoms with Crippen LogP contribution in [-0.4, -0.2) is 35.6 Å². The Bertz CT molecular complexity index is 372. The minimum atomic E-state index is 0.852. The van der Waals surface area contributed by atoms with Gasteiger partial charge < -0.3 is 5.32 Å². The van der Waals surface area contributed by atoms with Crippen molar-refractivity contribution < 1.29 is 0 Å². The minimum Gasteiger partial charge on any atom is -0.314 e. The quantitative estimate of drug-likeness (QED) is 0.868. The molecule has 2 fully saturated rings. The summed E-state index contributed by atoms with van der Waals surface area (Å²) in [6, 6.07) is 0.852. The van der Waals surface area contributed by atoms with Crippen LogP contribution in [0.3, 0.4) is 0 Å². The second-order valence-corrected chi connectivity index (χ2v) is 6.49. The summed E-state index contributed by atoms with van der Waals surface area (Å²) in [6.45, 7) is 6.84. The number of hydrogen-bond donors (Lipinski definition) is 1. The summed E-state index contributed by atoms with van der Waals surface area (Å²) >= 11 is 1.76. The zero-order chi connectivity index (χ0) is 11.7. The van der Waals surface area contributed by atoms with Gasteiger partial charge in [-0.05, 0) is 45.2 Å². The largest absolute Gasteiger partial charge is 0.314 e. The summed E-state index contributed by atoms with van der Waals surface area (Å²) < 4.78 is 0. The summed E-state index contributed by atoms with van der Waals surface area (Å²) in [4.78, 5) is 7.09. The van der Waals surface area contributed by atoms with Crippen molar-refractivity contribution >= 4 is 11.3 Å². The zero-order valence-corrected chi connectivity index (χ0v) is 11.3. The maximum absolute atomic E-state index is 4.54. The molecule has 0 bridgehead atoms. The first-order chi connectivity index (χ1) is 8.29. The molecule has 1 aliphatic heterocycles. The van der Waals surface area contributed by atoms with E-state index in [0.29, 0.717) is 0 Å². The highest BCUT2D eigenvalue weighted by Gasteiger charge is 2.26. The van der Waals surface area contributed by atoms with E-state index in [1.807, 2.05) is 0 Å². The second-order valence-electron chi connectivity index (χ2n) is 5.43. The lowest BCUT2D eigenvalue weighted by Crippen LogP contribution is -2.27. The number of rotatable bonds is 5. The Morgan fingerprint density at radius 1 is 1.47 bits per heavy atom. The lowest BCUT2D eigenvalue weighted by Gasteiger charge is -2.14. The number of nitrogens with one attached hydrogen (secondary N) is 1. The smallest absolute Gasteiger partial charge is 0.0897 e. The van der Waals surface area contributed by atoms with Gasteiger partial charge in [-0.2, -0.15) is 0 Å². The van der Waals surface area contributed by atoms with E-state index in [4.69, 9.17) is 0 Å². The molecular formula is C13H21N3S. The number of aryl methyl sites for hydroxylation is 1. The Labute approximate surface area is 107 Å². The molecule has 4 heteroatoms. The molecule has 3 nitrogen and oxygen atoms in total. The van der Waals surface area contributed by atoms with E-state index in [9.17, 15) is 0 Å². The molecular weight excluding hydrogens is 230 g/mol. The molecule has 2 heterocycles. The number of nitrogens with zero attached hydrogens (tertiary/aromatic N) is 2. The van der Waals surface area contributed by atoms with Gasteiger partial charge in [-0.15, -0.1) is 11.3 Å². The molecule has 0 amide bonds. The summed E-state index contributed by atoms with van der Waals surface area (Å²) in [6.07, 6.45) is 4.14. The predicted octanol–water partition coefficient (Wildman–Crippen LogP) is 2.03. The molecule has 1 aliphatic carbocycles. The van der Waals surface area contributed by atoms with E-state index in [1.165, 1.54) is 49.6 Å². The van der Waals surface area contributed by atoms with Crippen molar-refractivity contribution in [2.45, 2.75) is 38.8 Å². The SMILES string of the molecule is Cc1nc(CN2CCC(CNC3CC3)C2)cs1. The van der Waals surface area contributed by atoms with Crippen LogP contribution in [0.4, 0.5) is 0 Å². The predicted molar refractivity (Wildman–Crippen MR) is 71.3 cm³/mol. The van der Waals surface area contributed by atoms with E-state index < -0.39 is 0 Å². The van der Waals surface area contributed by atoms with Crippen molar-refractivity contribution in [2.75, 3.05) is 19.6 Å². The minimum absolute atomic E-state index is 0.852. The third-order valence-corrected chi connectivity index (χ3v) is 4.52. The summed E-state index contributed by atoms with van der Waals surface area (Å²) in [7, 11) is 0. The first-order valence-corrected chi connectivity index (χ1v) is 7.54. The molecule has 1 aromatic heterocycles. The van der Waals surface area contributed by atoms with Gasteiger partial charge in [0.1, 0.15) is 0 Å². The van der Waals surface area contributed by atoms with Crippen LogP contribution in [0.1, 0.15) is 30.0 Å². The molecule has 17 heavy (non-hydrogen) atoms. The third-order valence-electron chi connectivity index (χ3n) is 3.69. The van der Waals surface area contributed by atoms with Gasteiger partial charge in [0.15, 0.2) is 0 Å². The maximum atomic E-state index is 4.54. The van der Waals surface area contributed by atoms with Crippen LogP contribution in [0.15, 0.2) is 5.38 Å².